The molecular weight excluding hydrogens is 208 g/mol. The third-order valence-corrected chi connectivity index (χ3v) is 3.38. The summed E-state index contributed by atoms with van der Waals surface area (Å²) in [5, 5.41) is 8.01. The van der Waals surface area contributed by atoms with E-state index in [0.29, 0.717) is 13.0 Å². The summed E-state index contributed by atoms with van der Waals surface area (Å²) in [5.74, 6) is 0.0859. The Kier molecular flexibility index (Phi) is 4.29. The lowest BCUT2D eigenvalue weighted by molar-refractivity contribution is -0.122. The first-order valence-electron chi connectivity index (χ1n) is 5.06. The molecule has 0 spiro atoms. The number of hydrogen-bond acceptors (Lipinski definition) is 3. The summed E-state index contributed by atoms with van der Waals surface area (Å²) in [7, 11) is 1.84. The molecule has 3 nitrogen and oxygen atoms in total. The Bertz CT molecular complexity index is 306. The van der Waals surface area contributed by atoms with Crippen LogP contribution in [0, 0.1) is 0 Å². The van der Waals surface area contributed by atoms with Crippen LogP contribution in [-0.4, -0.2) is 19.5 Å². The fourth-order valence-corrected chi connectivity index (χ4v) is 2.15. The Morgan fingerprint density at radius 1 is 1.53 bits per heavy atom. The monoisotopic (exact) mass is 226 g/mol. The van der Waals surface area contributed by atoms with Crippen molar-refractivity contribution >= 4 is 17.2 Å². The lowest BCUT2D eigenvalue weighted by Gasteiger charge is -2.25. The van der Waals surface area contributed by atoms with E-state index in [4.69, 9.17) is 0 Å². The minimum Gasteiger partial charge on any atom is -0.346 e. The largest absolute Gasteiger partial charge is 0.346 e. The van der Waals surface area contributed by atoms with E-state index < -0.39 is 0 Å². The molecule has 0 fully saturated rings. The van der Waals surface area contributed by atoms with Gasteiger partial charge in [0.15, 0.2) is 0 Å². The number of hydrogen-bond donors (Lipinski definition) is 2. The number of carbonyl (C=O) groups is 1. The van der Waals surface area contributed by atoms with Gasteiger partial charge in [0.1, 0.15) is 0 Å². The SMILES string of the molecule is CNCCC(=O)NC(C)(C)c1cccs1. The average Bonchev–Trinajstić information content (AvgIpc) is 2.67. The molecule has 15 heavy (non-hydrogen) atoms. The molecule has 1 aromatic rings. The van der Waals surface area contributed by atoms with Gasteiger partial charge >= 0.3 is 0 Å². The third kappa shape index (κ3) is 3.64. The van der Waals surface area contributed by atoms with Gasteiger partial charge in [0, 0.05) is 17.8 Å². The smallest absolute Gasteiger partial charge is 0.221 e. The molecule has 0 saturated heterocycles. The molecule has 1 heterocycles. The Balaban J connectivity index is 2.53. The van der Waals surface area contributed by atoms with Crippen LogP contribution in [0.5, 0.6) is 0 Å². The maximum atomic E-state index is 11.6. The van der Waals surface area contributed by atoms with E-state index in [9.17, 15) is 4.79 Å². The molecule has 2 N–H and O–H groups in total. The van der Waals surface area contributed by atoms with E-state index in [1.165, 1.54) is 4.88 Å². The van der Waals surface area contributed by atoms with E-state index in [1.54, 1.807) is 11.3 Å². The van der Waals surface area contributed by atoms with Crippen LogP contribution in [0.1, 0.15) is 25.1 Å². The van der Waals surface area contributed by atoms with Crippen LogP contribution in [0.3, 0.4) is 0 Å². The van der Waals surface area contributed by atoms with Gasteiger partial charge in [0.05, 0.1) is 5.54 Å². The van der Waals surface area contributed by atoms with E-state index in [0.717, 1.165) is 0 Å². The van der Waals surface area contributed by atoms with Gasteiger partial charge in [-0.15, -0.1) is 11.3 Å². The van der Waals surface area contributed by atoms with Gasteiger partial charge in [-0.3, -0.25) is 4.79 Å². The Morgan fingerprint density at radius 3 is 2.80 bits per heavy atom. The van der Waals surface area contributed by atoms with Crippen LogP contribution < -0.4 is 10.6 Å². The lowest BCUT2D eigenvalue weighted by atomic mass is 10.0. The average molecular weight is 226 g/mol. The predicted molar refractivity (Wildman–Crippen MR) is 64.0 cm³/mol. The van der Waals surface area contributed by atoms with Gasteiger partial charge in [0.2, 0.25) is 5.91 Å². The molecule has 0 atom stereocenters. The van der Waals surface area contributed by atoms with E-state index in [1.807, 2.05) is 38.4 Å². The fourth-order valence-electron chi connectivity index (χ4n) is 1.35. The minimum atomic E-state index is -0.265. The maximum Gasteiger partial charge on any atom is 0.221 e. The summed E-state index contributed by atoms with van der Waals surface area (Å²) in [6.07, 6.45) is 0.519. The highest BCUT2D eigenvalue weighted by Crippen LogP contribution is 2.24. The van der Waals surface area contributed by atoms with Crippen molar-refractivity contribution in [2.24, 2.45) is 0 Å². The molecule has 0 saturated carbocycles. The van der Waals surface area contributed by atoms with Crippen molar-refractivity contribution in [3.05, 3.63) is 22.4 Å². The zero-order valence-electron chi connectivity index (χ0n) is 9.46. The van der Waals surface area contributed by atoms with Crippen LogP contribution in [0.25, 0.3) is 0 Å². The Morgan fingerprint density at radius 2 is 2.27 bits per heavy atom. The van der Waals surface area contributed by atoms with Crippen molar-refractivity contribution < 1.29 is 4.79 Å². The standard InChI is InChI=1S/C11H18N2OS/c1-11(2,9-5-4-8-15-9)13-10(14)6-7-12-3/h4-5,8,12H,6-7H2,1-3H3,(H,13,14). The molecule has 0 bridgehead atoms. The quantitative estimate of drug-likeness (QED) is 0.802. The van der Waals surface area contributed by atoms with Crippen LogP contribution in [0.2, 0.25) is 0 Å². The van der Waals surface area contributed by atoms with Crippen molar-refractivity contribution in [3.63, 3.8) is 0 Å². The summed E-state index contributed by atoms with van der Waals surface area (Å²) in [4.78, 5) is 12.7. The van der Waals surface area contributed by atoms with Crippen molar-refractivity contribution in [1.29, 1.82) is 0 Å². The summed E-state index contributed by atoms with van der Waals surface area (Å²) in [5.41, 5.74) is -0.265. The molecule has 0 aromatic carbocycles. The Labute approximate surface area is 94.9 Å². The van der Waals surface area contributed by atoms with Gasteiger partial charge in [-0.1, -0.05) is 6.07 Å². The van der Waals surface area contributed by atoms with Crippen LogP contribution in [-0.2, 0) is 10.3 Å². The highest BCUT2D eigenvalue weighted by Gasteiger charge is 2.23. The van der Waals surface area contributed by atoms with E-state index in [-0.39, 0.29) is 11.4 Å². The number of carbonyl (C=O) groups excluding carboxylic acids is 1. The maximum absolute atomic E-state index is 11.6. The summed E-state index contributed by atoms with van der Waals surface area (Å²) < 4.78 is 0. The zero-order valence-corrected chi connectivity index (χ0v) is 10.3. The summed E-state index contributed by atoms with van der Waals surface area (Å²) in [6.45, 7) is 4.76. The second-order valence-electron chi connectivity index (χ2n) is 4.00. The normalized spacial score (nSPS) is 11.4. The first-order valence-corrected chi connectivity index (χ1v) is 5.94. The summed E-state index contributed by atoms with van der Waals surface area (Å²) >= 11 is 1.67. The molecule has 0 aliphatic heterocycles. The van der Waals surface area contributed by atoms with Gasteiger partial charge < -0.3 is 10.6 Å². The molecule has 1 amide bonds. The van der Waals surface area contributed by atoms with Gasteiger partial charge in [-0.25, -0.2) is 0 Å². The van der Waals surface area contributed by atoms with Crippen molar-refractivity contribution in [2.45, 2.75) is 25.8 Å². The topological polar surface area (TPSA) is 41.1 Å². The summed E-state index contributed by atoms with van der Waals surface area (Å²) in [6, 6.07) is 4.05. The molecule has 84 valence electrons. The zero-order chi connectivity index (χ0) is 11.3. The molecule has 1 rings (SSSR count). The number of rotatable bonds is 5. The van der Waals surface area contributed by atoms with Gasteiger partial charge in [0.25, 0.3) is 0 Å². The number of nitrogens with one attached hydrogen (secondary N) is 2. The highest BCUT2D eigenvalue weighted by molar-refractivity contribution is 7.10. The molecule has 0 radical (unpaired) electrons. The Hall–Kier alpha value is -0.870. The third-order valence-electron chi connectivity index (χ3n) is 2.19. The first kappa shape index (κ1) is 12.2. The highest BCUT2D eigenvalue weighted by atomic mass is 32.1. The molecule has 1 aromatic heterocycles. The number of thiophene rings is 1. The number of amides is 1. The minimum absolute atomic E-state index is 0.0859. The van der Waals surface area contributed by atoms with Crippen LogP contribution >= 0.6 is 11.3 Å². The fraction of sp³-hybridized carbons (Fsp3) is 0.545. The molecular formula is C11H18N2OS. The first-order chi connectivity index (χ1) is 7.06. The van der Waals surface area contributed by atoms with Crippen molar-refractivity contribution in [1.82, 2.24) is 10.6 Å². The molecule has 0 aliphatic rings. The van der Waals surface area contributed by atoms with Gasteiger partial charge in [-0.05, 0) is 32.3 Å². The molecule has 0 aliphatic carbocycles. The van der Waals surface area contributed by atoms with Crippen LogP contribution in [0.15, 0.2) is 17.5 Å². The van der Waals surface area contributed by atoms with E-state index in [2.05, 4.69) is 10.6 Å². The van der Waals surface area contributed by atoms with Crippen molar-refractivity contribution in [2.75, 3.05) is 13.6 Å². The van der Waals surface area contributed by atoms with Crippen LogP contribution in [0.4, 0.5) is 0 Å². The molecule has 0 unspecified atom stereocenters. The van der Waals surface area contributed by atoms with Crippen molar-refractivity contribution in [3.8, 4) is 0 Å². The van der Waals surface area contributed by atoms with E-state index >= 15 is 0 Å². The lowest BCUT2D eigenvalue weighted by Crippen LogP contribution is -2.41. The predicted octanol–water partition coefficient (Wildman–Crippen LogP) is 1.71. The second-order valence-corrected chi connectivity index (χ2v) is 4.95. The van der Waals surface area contributed by atoms with Gasteiger partial charge in [-0.2, -0.15) is 0 Å². The molecule has 4 heteroatoms. The second kappa shape index (κ2) is 5.28.